The lowest BCUT2D eigenvalue weighted by Gasteiger charge is -2.27. The maximum Gasteiger partial charge on any atom is 0.123 e. The zero-order valence-corrected chi connectivity index (χ0v) is 12.4. The van der Waals surface area contributed by atoms with Crippen molar-refractivity contribution in [2.75, 3.05) is 11.4 Å². The molecule has 5 heteroatoms. The number of halogens is 1. The number of pyridine rings is 2. The Labute approximate surface area is 133 Å². The Morgan fingerprint density at radius 1 is 1.17 bits per heavy atom. The molecule has 0 unspecified atom stereocenters. The summed E-state index contributed by atoms with van der Waals surface area (Å²) in [5.74, 6) is -0.259. The van der Waals surface area contributed by atoms with Crippen molar-refractivity contribution in [3.63, 3.8) is 0 Å². The summed E-state index contributed by atoms with van der Waals surface area (Å²) in [6.07, 6.45) is 5.38. The van der Waals surface area contributed by atoms with Crippen LogP contribution in [0.4, 0.5) is 10.1 Å². The normalized spacial score (nSPS) is 21.0. The van der Waals surface area contributed by atoms with E-state index in [2.05, 4.69) is 14.9 Å². The van der Waals surface area contributed by atoms with Gasteiger partial charge >= 0.3 is 0 Å². The van der Waals surface area contributed by atoms with Gasteiger partial charge in [-0.2, -0.15) is 0 Å². The van der Waals surface area contributed by atoms with Gasteiger partial charge in [-0.25, -0.2) is 4.39 Å². The van der Waals surface area contributed by atoms with E-state index in [4.69, 9.17) is 0 Å². The first-order valence-electron chi connectivity index (χ1n) is 7.61. The van der Waals surface area contributed by atoms with Crippen molar-refractivity contribution < 1.29 is 9.50 Å². The maximum absolute atomic E-state index is 13.6. The summed E-state index contributed by atoms with van der Waals surface area (Å²) in [5.41, 5.74) is 2.70. The van der Waals surface area contributed by atoms with Gasteiger partial charge in [0.15, 0.2) is 0 Å². The second kappa shape index (κ2) is 5.59. The van der Waals surface area contributed by atoms with Gasteiger partial charge in [0.2, 0.25) is 0 Å². The van der Waals surface area contributed by atoms with Crippen LogP contribution in [-0.4, -0.2) is 27.7 Å². The van der Waals surface area contributed by atoms with Gasteiger partial charge in [0, 0.05) is 36.2 Å². The third kappa shape index (κ3) is 2.53. The topological polar surface area (TPSA) is 49.2 Å². The van der Waals surface area contributed by atoms with Gasteiger partial charge in [0.05, 0.1) is 17.7 Å². The first-order valence-corrected chi connectivity index (χ1v) is 7.61. The number of β-amino-alcohol motifs (C(OH)–C–C–N with tert-alkyl or cyclic N) is 1. The fourth-order valence-corrected chi connectivity index (χ4v) is 3.34. The maximum atomic E-state index is 13.6. The minimum atomic E-state index is -0.442. The molecule has 116 valence electrons. The zero-order valence-electron chi connectivity index (χ0n) is 12.4. The molecule has 3 aromatic rings. The van der Waals surface area contributed by atoms with E-state index in [1.54, 1.807) is 24.7 Å². The molecule has 0 radical (unpaired) electrons. The molecule has 2 aromatic heterocycles. The summed E-state index contributed by atoms with van der Waals surface area (Å²) in [4.78, 5) is 10.7. The highest BCUT2D eigenvalue weighted by molar-refractivity contribution is 5.91. The number of benzene rings is 1. The van der Waals surface area contributed by atoms with Crippen molar-refractivity contribution in [2.24, 2.45) is 0 Å². The Kier molecular flexibility index (Phi) is 3.42. The van der Waals surface area contributed by atoms with Gasteiger partial charge < -0.3 is 10.0 Å². The number of aliphatic hydroxyl groups is 1. The molecule has 1 aromatic carbocycles. The molecule has 0 amide bonds. The van der Waals surface area contributed by atoms with Gasteiger partial charge in [-0.1, -0.05) is 12.1 Å². The number of rotatable bonds is 2. The van der Waals surface area contributed by atoms with E-state index in [-0.39, 0.29) is 11.9 Å². The number of hydrogen-bond acceptors (Lipinski definition) is 4. The molecule has 1 aliphatic rings. The molecule has 2 atom stereocenters. The minimum absolute atomic E-state index is 0.0634. The van der Waals surface area contributed by atoms with Crippen LogP contribution in [0, 0.1) is 5.82 Å². The van der Waals surface area contributed by atoms with E-state index in [0.717, 1.165) is 22.2 Å². The largest absolute Gasteiger partial charge is 0.391 e. The summed E-state index contributed by atoms with van der Waals surface area (Å²) >= 11 is 0. The van der Waals surface area contributed by atoms with Gasteiger partial charge in [0.1, 0.15) is 5.82 Å². The van der Waals surface area contributed by atoms with Crippen molar-refractivity contribution in [3.8, 4) is 0 Å². The van der Waals surface area contributed by atoms with Crippen molar-refractivity contribution in [2.45, 2.75) is 18.6 Å². The second-order valence-corrected chi connectivity index (χ2v) is 5.84. The van der Waals surface area contributed by atoms with E-state index >= 15 is 0 Å². The second-order valence-electron chi connectivity index (χ2n) is 5.84. The predicted molar refractivity (Wildman–Crippen MR) is 86.6 cm³/mol. The Hall–Kier alpha value is -2.53. The molecule has 1 N–H and O–H groups in total. The summed E-state index contributed by atoms with van der Waals surface area (Å²) in [6.45, 7) is 0.509. The highest BCUT2D eigenvalue weighted by Gasteiger charge is 2.33. The van der Waals surface area contributed by atoms with E-state index in [0.29, 0.717) is 13.0 Å². The molecular formula is C18H16FN3O. The number of aromatic nitrogens is 2. The van der Waals surface area contributed by atoms with E-state index in [1.807, 2.05) is 18.2 Å². The number of aliphatic hydroxyl groups excluding tert-OH is 1. The van der Waals surface area contributed by atoms with Crippen molar-refractivity contribution in [1.29, 1.82) is 0 Å². The first-order chi connectivity index (χ1) is 11.2. The summed E-state index contributed by atoms with van der Waals surface area (Å²) in [7, 11) is 0. The lowest BCUT2D eigenvalue weighted by atomic mass is 10.0. The third-order valence-electron chi connectivity index (χ3n) is 4.34. The molecule has 1 fully saturated rings. The Morgan fingerprint density at radius 2 is 2.09 bits per heavy atom. The Morgan fingerprint density at radius 3 is 2.96 bits per heavy atom. The quantitative estimate of drug-likeness (QED) is 0.790. The summed E-state index contributed by atoms with van der Waals surface area (Å²) in [5, 5.41) is 11.1. The summed E-state index contributed by atoms with van der Waals surface area (Å²) < 4.78 is 13.6. The molecule has 23 heavy (non-hydrogen) atoms. The number of fused-ring (bicyclic) bond motifs is 1. The monoisotopic (exact) mass is 309 g/mol. The SMILES string of the molecule is O[C@@H]1C[C@H](c2cccc(F)c2)N(c2ccnc3ccncc23)C1. The molecule has 3 heterocycles. The smallest absolute Gasteiger partial charge is 0.123 e. The van der Waals surface area contributed by atoms with Gasteiger partial charge in [-0.3, -0.25) is 9.97 Å². The average molecular weight is 309 g/mol. The van der Waals surface area contributed by atoms with Crippen LogP contribution in [0.5, 0.6) is 0 Å². The summed E-state index contributed by atoms with van der Waals surface area (Å²) in [6, 6.07) is 10.3. The highest BCUT2D eigenvalue weighted by Crippen LogP contribution is 2.38. The van der Waals surface area contributed by atoms with Gasteiger partial charge in [0.25, 0.3) is 0 Å². The molecule has 0 spiro atoms. The van der Waals surface area contributed by atoms with Crippen LogP contribution in [0.2, 0.25) is 0 Å². The van der Waals surface area contributed by atoms with Crippen LogP contribution < -0.4 is 4.90 Å². The fraction of sp³-hybridized carbons (Fsp3) is 0.222. The van der Waals surface area contributed by atoms with Crippen molar-refractivity contribution in [1.82, 2.24) is 9.97 Å². The lowest BCUT2D eigenvalue weighted by Crippen LogP contribution is -2.24. The highest BCUT2D eigenvalue weighted by atomic mass is 19.1. The van der Waals surface area contributed by atoms with Crippen LogP contribution in [0.1, 0.15) is 18.0 Å². The van der Waals surface area contributed by atoms with Crippen molar-refractivity contribution >= 4 is 16.6 Å². The Bertz CT molecular complexity index is 849. The molecule has 0 saturated carbocycles. The van der Waals surface area contributed by atoms with Gasteiger partial charge in [-0.15, -0.1) is 0 Å². The molecule has 1 saturated heterocycles. The molecule has 1 aliphatic heterocycles. The first kappa shape index (κ1) is 14.1. The minimum Gasteiger partial charge on any atom is -0.391 e. The third-order valence-corrected chi connectivity index (χ3v) is 4.34. The molecule has 0 aliphatic carbocycles. The van der Waals surface area contributed by atoms with Crippen LogP contribution in [0.25, 0.3) is 10.9 Å². The van der Waals surface area contributed by atoms with Gasteiger partial charge in [-0.05, 0) is 36.2 Å². The average Bonchev–Trinajstić information content (AvgIpc) is 2.96. The fourth-order valence-electron chi connectivity index (χ4n) is 3.34. The van der Waals surface area contributed by atoms with Crippen LogP contribution >= 0.6 is 0 Å². The lowest BCUT2D eigenvalue weighted by molar-refractivity contribution is 0.194. The predicted octanol–water partition coefficient (Wildman–Crippen LogP) is 3.08. The molecule has 4 rings (SSSR count). The Balaban J connectivity index is 1.82. The van der Waals surface area contributed by atoms with Crippen LogP contribution in [-0.2, 0) is 0 Å². The zero-order chi connectivity index (χ0) is 15.8. The number of anilines is 1. The van der Waals surface area contributed by atoms with E-state index in [1.165, 1.54) is 12.1 Å². The molecule has 0 bridgehead atoms. The molecular weight excluding hydrogens is 293 g/mol. The standard InChI is InChI=1S/C18H16FN3O/c19-13-3-1-2-12(8-13)18-9-14(23)11-22(18)17-5-7-21-16-4-6-20-10-15(16)17/h1-8,10,14,18,23H,9,11H2/t14-,18-/m1/s1. The van der Waals surface area contributed by atoms with Crippen LogP contribution in [0.15, 0.2) is 55.0 Å². The van der Waals surface area contributed by atoms with E-state index in [9.17, 15) is 9.50 Å². The number of hydrogen-bond donors (Lipinski definition) is 1. The van der Waals surface area contributed by atoms with Crippen molar-refractivity contribution in [3.05, 3.63) is 66.4 Å². The van der Waals surface area contributed by atoms with E-state index < -0.39 is 6.10 Å². The molecule has 4 nitrogen and oxygen atoms in total. The number of nitrogens with zero attached hydrogens (tertiary/aromatic N) is 3. The van der Waals surface area contributed by atoms with Crippen LogP contribution in [0.3, 0.4) is 0 Å².